The Morgan fingerprint density at radius 3 is 2.82 bits per heavy atom. The zero-order valence-corrected chi connectivity index (χ0v) is 6.80. The standard InChI is InChI=1S/C9H12N2/c1-7-8-4-2-3-5-9(8)11-6-10-7/h6H,2-5H2,1H3. The highest BCUT2D eigenvalue weighted by Gasteiger charge is 2.11. The molecule has 1 aliphatic rings. The maximum Gasteiger partial charge on any atom is 0.115 e. The van der Waals surface area contributed by atoms with E-state index in [9.17, 15) is 0 Å². The van der Waals surface area contributed by atoms with E-state index >= 15 is 0 Å². The average molecular weight is 148 g/mol. The number of hydrogen-bond acceptors (Lipinski definition) is 2. The van der Waals surface area contributed by atoms with Crippen molar-refractivity contribution in [1.82, 2.24) is 9.97 Å². The lowest BCUT2D eigenvalue weighted by atomic mass is 9.95. The first kappa shape index (κ1) is 6.77. The number of rotatable bonds is 0. The summed E-state index contributed by atoms with van der Waals surface area (Å²) >= 11 is 0. The van der Waals surface area contributed by atoms with Crippen LogP contribution >= 0.6 is 0 Å². The minimum absolute atomic E-state index is 1.15. The SMILES string of the molecule is Cc1ncnc2c1CCCC2. The fourth-order valence-electron chi connectivity index (χ4n) is 1.68. The van der Waals surface area contributed by atoms with Crippen molar-refractivity contribution in [2.75, 3.05) is 0 Å². The minimum Gasteiger partial charge on any atom is -0.241 e. The second-order valence-electron chi connectivity index (χ2n) is 3.09. The van der Waals surface area contributed by atoms with Crippen LogP contribution in [0.2, 0.25) is 0 Å². The Hall–Kier alpha value is -0.920. The van der Waals surface area contributed by atoms with Crippen LogP contribution in [0.15, 0.2) is 6.33 Å². The minimum atomic E-state index is 1.15. The average Bonchev–Trinajstić information content (AvgIpc) is 2.06. The number of hydrogen-bond donors (Lipinski definition) is 0. The van der Waals surface area contributed by atoms with Crippen LogP contribution in [0.5, 0.6) is 0 Å². The summed E-state index contributed by atoms with van der Waals surface area (Å²) in [4.78, 5) is 8.45. The van der Waals surface area contributed by atoms with Gasteiger partial charge in [-0.05, 0) is 38.2 Å². The largest absolute Gasteiger partial charge is 0.241 e. The molecule has 2 nitrogen and oxygen atoms in total. The fraction of sp³-hybridized carbons (Fsp3) is 0.556. The summed E-state index contributed by atoms with van der Waals surface area (Å²) in [6.45, 7) is 2.08. The first-order valence-corrected chi connectivity index (χ1v) is 4.17. The number of nitrogens with zero attached hydrogens (tertiary/aromatic N) is 2. The fourth-order valence-corrected chi connectivity index (χ4v) is 1.68. The highest BCUT2D eigenvalue weighted by Crippen LogP contribution is 2.19. The summed E-state index contributed by atoms with van der Waals surface area (Å²) in [6, 6.07) is 0. The second-order valence-corrected chi connectivity index (χ2v) is 3.09. The van der Waals surface area contributed by atoms with E-state index in [2.05, 4.69) is 16.9 Å². The third-order valence-corrected chi connectivity index (χ3v) is 2.34. The van der Waals surface area contributed by atoms with Gasteiger partial charge in [-0.25, -0.2) is 9.97 Å². The van der Waals surface area contributed by atoms with E-state index in [1.165, 1.54) is 36.2 Å². The van der Waals surface area contributed by atoms with Gasteiger partial charge in [0.15, 0.2) is 0 Å². The Morgan fingerprint density at radius 1 is 1.18 bits per heavy atom. The van der Waals surface area contributed by atoms with E-state index in [0.29, 0.717) is 0 Å². The van der Waals surface area contributed by atoms with Crippen molar-refractivity contribution in [3.05, 3.63) is 23.3 Å². The van der Waals surface area contributed by atoms with Crippen molar-refractivity contribution in [3.63, 3.8) is 0 Å². The molecule has 0 saturated carbocycles. The number of fused-ring (bicyclic) bond motifs is 1. The Morgan fingerprint density at radius 2 is 2.00 bits per heavy atom. The molecule has 0 amide bonds. The normalized spacial score (nSPS) is 16.1. The second kappa shape index (κ2) is 2.61. The molecule has 1 aromatic heterocycles. The predicted molar refractivity (Wildman–Crippen MR) is 43.4 cm³/mol. The van der Waals surface area contributed by atoms with Crippen molar-refractivity contribution < 1.29 is 0 Å². The van der Waals surface area contributed by atoms with E-state index in [4.69, 9.17) is 0 Å². The molecule has 2 rings (SSSR count). The molecule has 1 aliphatic carbocycles. The topological polar surface area (TPSA) is 25.8 Å². The summed E-state index contributed by atoms with van der Waals surface area (Å²) in [6.07, 6.45) is 6.62. The highest BCUT2D eigenvalue weighted by molar-refractivity contribution is 5.25. The molecule has 0 unspecified atom stereocenters. The van der Waals surface area contributed by atoms with Crippen LogP contribution in [0.3, 0.4) is 0 Å². The summed E-state index contributed by atoms with van der Waals surface area (Å²) in [7, 11) is 0. The first-order valence-electron chi connectivity index (χ1n) is 4.17. The Labute approximate surface area is 66.7 Å². The molecule has 1 aromatic rings. The molecule has 0 aromatic carbocycles. The Balaban J connectivity index is 2.49. The molecule has 0 radical (unpaired) electrons. The molecule has 0 spiro atoms. The van der Waals surface area contributed by atoms with E-state index in [0.717, 1.165) is 6.42 Å². The molecule has 2 heteroatoms. The van der Waals surface area contributed by atoms with Crippen LogP contribution in [0.1, 0.15) is 29.8 Å². The molecule has 11 heavy (non-hydrogen) atoms. The van der Waals surface area contributed by atoms with Crippen molar-refractivity contribution in [2.24, 2.45) is 0 Å². The third-order valence-electron chi connectivity index (χ3n) is 2.34. The maximum atomic E-state index is 4.27. The quantitative estimate of drug-likeness (QED) is 0.559. The molecule has 0 atom stereocenters. The van der Waals surface area contributed by atoms with Crippen LogP contribution in [-0.2, 0) is 12.8 Å². The van der Waals surface area contributed by atoms with E-state index in [1.807, 2.05) is 0 Å². The molecule has 1 heterocycles. The van der Waals surface area contributed by atoms with Crippen LogP contribution in [0.4, 0.5) is 0 Å². The Bertz CT molecular complexity index is 268. The maximum absolute atomic E-state index is 4.27. The summed E-state index contributed by atoms with van der Waals surface area (Å²) in [5.41, 5.74) is 3.86. The van der Waals surface area contributed by atoms with Crippen LogP contribution in [-0.4, -0.2) is 9.97 Å². The van der Waals surface area contributed by atoms with E-state index < -0.39 is 0 Å². The zero-order chi connectivity index (χ0) is 7.68. The van der Waals surface area contributed by atoms with Crippen LogP contribution in [0.25, 0.3) is 0 Å². The Kier molecular flexibility index (Phi) is 1.60. The van der Waals surface area contributed by atoms with Gasteiger partial charge in [0.25, 0.3) is 0 Å². The van der Waals surface area contributed by atoms with Gasteiger partial charge in [0.05, 0.1) is 0 Å². The monoisotopic (exact) mass is 148 g/mol. The lowest BCUT2D eigenvalue weighted by Gasteiger charge is -2.14. The van der Waals surface area contributed by atoms with Gasteiger partial charge in [0, 0.05) is 11.4 Å². The van der Waals surface area contributed by atoms with Crippen molar-refractivity contribution in [3.8, 4) is 0 Å². The lowest BCUT2D eigenvalue weighted by molar-refractivity contribution is 0.656. The predicted octanol–water partition coefficient (Wildman–Crippen LogP) is 1.66. The first-order chi connectivity index (χ1) is 5.38. The molecular weight excluding hydrogens is 136 g/mol. The van der Waals surface area contributed by atoms with Gasteiger partial charge in [-0.3, -0.25) is 0 Å². The van der Waals surface area contributed by atoms with Crippen LogP contribution in [0, 0.1) is 6.92 Å². The highest BCUT2D eigenvalue weighted by atomic mass is 14.8. The smallest absolute Gasteiger partial charge is 0.115 e. The summed E-state index contributed by atoms with van der Waals surface area (Å²) in [5, 5.41) is 0. The van der Waals surface area contributed by atoms with Crippen molar-refractivity contribution in [2.45, 2.75) is 32.6 Å². The molecule has 0 N–H and O–H groups in total. The molecule has 0 aliphatic heterocycles. The molecule has 58 valence electrons. The van der Waals surface area contributed by atoms with Crippen molar-refractivity contribution >= 4 is 0 Å². The molecule has 0 bridgehead atoms. The van der Waals surface area contributed by atoms with Gasteiger partial charge in [0.1, 0.15) is 6.33 Å². The zero-order valence-electron chi connectivity index (χ0n) is 6.80. The van der Waals surface area contributed by atoms with Crippen molar-refractivity contribution in [1.29, 1.82) is 0 Å². The molecule has 0 saturated heterocycles. The molecular formula is C9H12N2. The van der Waals surface area contributed by atoms with Crippen LogP contribution < -0.4 is 0 Å². The lowest BCUT2D eigenvalue weighted by Crippen LogP contribution is -2.08. The van der Waals surface area contributed by atoms with Gasteiger partial charge in [-0.2, -0.15) is 0 Å². The van der Waals surface area contributed by atoms with Gasteiger partial charge in [0.2, 0.25) is 0 Å². The van der Waals surface area contributed by atoms with E-state index in [1.54, 1.807) is 6.33 Å². The number of aryl methyl sites for hydroxylation is 2. The van der Waals surface area contributed by atoms with Gasteiger partial charge in [-0.15, -0.1) is 0 Å². The summed E-state index contributed by atoms with van der Waals surface area (Å²) < 4.78 is 0. The van der Waals surface area contributed by atoms with E-state index in [-0.39, 0.29) is 0 Å². The summed E-state index contributed by atoms with van der Waals surface area (Å²) in [5.74, 6) is 0. The van der Waals surface area contributed by atoms with Gasteiger partial charge >= 0.3 is 0 Å². The van der Waals surface area contributed by atoms with Gasteiger partial charge in [-0.1, -0.05) is 0 Å². The number of aromatic nitrogens is 2. The molecule has 0 fully saturated rings. The van der Waals surface area contributed by atoms with Gasteiger partial charge < -0.3 is 0 Å². The third kappa shape index (κ3) is 1.13.